The molecule has 4 aromatic carbocycles. The van der Waals surface area contributed by atoms with E-state index in [0.717, 1.165) is 33.5 Å². The number of rotatable bonds is 4. The van der Waals surface area contributed by atoms with Crippen LogP contribution in [0.2, 0.25) is 0 Å². The molecule has 0 aliphatic carbocycles. The second-order valence-corrected chi connectivity index (χ2v) is 8.18. The van der Waals surface area contributed by atoms with E-state index in [9.17, 15) is 9.59 Å². The molecule has 0 unspecified atom stereocenters. The van der Waals surface area contributed by atoms with Crippen LogP contribution >= 0.6 is 0 Å². The SMILES string of the molecule is O=C(Cn1c2ccccc2c(=O)c2ccccc21)Nc1ccc(-c2nc3ccccc3[nH]2)cc1. The van der Waals surface area contributed by atoms with E-state index < -0.39 is 0 Å². The monoisotopic (exact) mass is 444 g/mol. The quantitative estimate of drug-likeness (QED) is 0.360. The maximum atomic E-state index is 13.0. The first-order valence-electron chi connectivity index (χ1n) is 11.0. The van der Waals surface area contributed by atoms with Gasteiger partial charge in [0.1, 0.15) is 12.4 Å². The van der Waals surface area contributed by atoms with Crippen LogP contribution in [0.5, 0.6) is 0 Å². The Morgan fingerprint density at radius 2 is 1.41 bits per heavy atom. The van der Waals surface area contributed by atoms with E-state index in [0.29, 0.717) is 16.5 Å². The van der Waals surface area contributed by atoms with Crippen LogP contribution in [-0.4, -0.2) is 20.4 Å². The van der Waals surface area contributed by atoms with Gasteiger partial charge in [0.15, 0.2) is 5.43 Å². The van der Waals surface area contributed by atoms with Crippen molar-refractivity contribution in [2.45, 2.75) is 6.54 Å². The number of nitrogens with one attached hydrogen (secondary N) is 2. The molecule has 0 saturated heterocycles. The molecule has 2 aromatic heterocycles. The maximum absolute atomic E-state index is 13.0. The highest BCUT2D eigenvalue weighted by atomic mass is 16.2. The Kier molecular flexibility index (Phi) is 4.70. The van der Waals surface area contributed by atoms with E-state index in [-0.39, 0.29) is 17.9 Å². The molecule has 0 saturated carbocycles. The molecule has 6 aromatic rings. The molecule has 2 N–H and O–H groups in total. The second-order valence-electron chi connectivity index (χ2n) is 8.18. The smallest absolute Gasteiger partial charge is 0.244 e. The first-order chi connectivity index (χ1) is 16.7. The molecule has 164 valence electrons. The number of para-hydroxylation sites is 4. The lowest BCUT2D eigenvalue weighted by molar-refractivity contribution is -0.116. The number of aromatic amines is 1. The number of hydrogen-bond acceptors (Lipinski definition) is 3. The van der Waals surface area contributed by atoms with Crippen LogP contribution in [-0.2, 0) is 11.3 Å². The van der Waals surface area contributed by atoms with Gasteiger partial charge in [-0.3, -0.25) is 9.59 Å². The van der Waals surface area contributed by atoms with Crippen molar-refractivity contribution < 1.29 is 4.79 Å². The zero-order valence-corrected chi connectivity index (χ0v) is 18.2. The van der Waals surface area contributed by atoms with Crippen molar-refractivity contribution >= 4 is 44.4 Å². The van der Waals surface area contributed by atoms with Crippen molar-refractivity contribution in [3.63, 3.8) is 0 Å². The first kappa shape index (κ1) is 19.9. The second kappa shape index (κ2) is 8.01. The van der Waals surface area contributed by atoms with Crippen LogP contribution in [0.1, 0.15) is 0 Å². The highest BCUT2D eigenvalue weighted by molar-refractivity contribution is 5.97. The predicted molar refractivity (Wildman–Crippen MR) is 136 cm³/mol. The number of imidazole rings is 1. The summed E-state index contributed by atoms with van der Waals surface area (Å²) in [5, 5.41) is 4.17. The number of pyridine rings is 1. The Bertz CT molecular complexity index is 1650. The minimum Gasteiger partial charge on any atom is -0.338 e. The predicted octanol–water partition coefficient (Wildman–Crippen LogP) is 5.34. The fourth-order valence-corrected chi connectivity index (χ4v) is 4.39. The number of amides is 1. The molecule has 0 fully saturated rings. The maximum Gasteiger partial charge on any atom is 0.244 e. The fraction of sp³-hybridized carbons (Fsp3) is 0.0357. The Morgan fingerprint density at radius 1 is 0.794 bits per heavy atom. The Hall–Kier alpha value is -4.71. The highest BCUT2D eigenvalue weighted by Crippen LogP contribution is 2.23. The van der Waals surface area contributed by atoms with E-state index in [4.69, 9.17) is 0 Å². The summed E-state index contributed by atoms with van der Waals surface area (Å²) in [6.07, 6.45) is 0. The van der Waals surface area contributed by atoms with Crippen LogP contribution < -0.4 is 10.7 Å². The van der Waals surface area contributed by atoms with Gasteiger partial charge in [-0.25, -0.2) is 4.98 Å². The molecule has 0 atom stereocenters. The summed E-state index contributed by atoms with van der Waals surface area (Å²) in [5.41, 5.74) is 4.98. The average molecular weight is 444 g/mol. The minimum absolute atomic E-state index is 0.0240. The van der Waals surface area contributed by atoms with Crippen molar-refractivity contribution in [3.05, 3.63) is 107 Å². The van der Waals surface area contributed by atoms with Gasteiger partial charge in [0, 0.05) is 22.0 Å². The number of H-pyrrole nitrogens is 1. The van der Waals surface area contributed by atoms with E-state index in [1.807, 2.05) is 89.5 Å². The van der Waals surface area contributed by atoms with E-state index in [1.54, 1.807) is 12.1 Å². The summed E-state index contributed by atoms with van der Waals surface area (Å²) in [6.45, 7) is 0.0899. The molecular formula is C28H20N4O2. The summed E-state index contributed by atoms with van der Waals surface area (Å²) in [7, 11) is 0. The van der Waals surface area contributed by atoms with Gasteiger partial charge in [-0.2, -0.15) is 0 Å². The van der Waals surface area contributed by atoms with Crippen molar-refractivity contribution in [2.75, 3.05) is 5.32 Å². The molecule has 6 rings (SSSR count). The van der Waals surface area contributed by atoms with Crippen LogP contribution in [0.15, 0.2) is 102 Å². The van der Waals surface area contributed by atoms with E-state index >= 15 is 0 Å². The molecule has 0 spiro atoms. The van der Waals surface area contributed by atoms with Crippen LogP contribution in [0.3, 0.4) is 0 Å². The molecule has 2 heterocycles. The van der Waals surface area contributed by atoms with Gasteiger partial charge in [0.25, 0.3) is 0 Å². The molecule has 0 radical (unpaired) electrons. The molecular weight excluding hydrogens is 424 g/mol. The topological polar surface area (TPSA) is 79.8 Å². The molecule has 0 bridgehead atoms. The van der Waals surface area contributed by atoms with Gasteiger partial charge < -0.3 is 14.9 Å². The molecule has 0 aliphatic heterocycles. The number of benzene rings is 4. The molecule has 0 aliphatic rings. The zero-order chi connectivity index (χ0) is 23.1. The lowest BCUT2D eigenvalue weighted by Gasteiger charge is -2.15. The van der Waals surface area contributed by atoms with Crippen molar-refractivity contribution in [3.8, 4) is 11.4 Å². The number of hydrogen-bond donors (Lipinski definition) is 2. The third-order valence-corrected chi connectivity index (χ3v) is 6.01. The largest absolute Gasteiger partial charge is 0.338 e. The van der Waals surface area contributed by atoms with E-state index in [2.05, 4.69) is 15.3 Å². The van der Waals surface area contributed by atoms with Crippen molar-refractivity contribution in [1.82, 2.24) is 14.5 Å². The number of carbonyl (C=O) groups excluding carboxylic acids is 1. The van der Waals surface area contributed by atoms with Crippen molar-refractivity contribution in [1.29, 1.82) is 0 Å². The number of nitrogens with zero attached hydrogens (tertiary/aromatic N) is 2. The summed E-state index contributed by atoms with van der Waals surface area (Å²) >= 11 is 0. The standard InChI is InChI=1S/C28H20N4O2/c33-26(17-32-24-11-5-1-7-20(24)27(34)21-8-2-6-12-25(21)32)29-19-15-13-18(14-16-19)28-30-22-9-3-4-10-23(22)31-28/h1-16H,17H2,(H,29,33)(H,30,31). The summed E-state index contributed by atoms with van der Waals surface area (Å²) in [5.74, 6) is 0.612. The van der Waals surface area contributed by atoms with Crippen LogP contribution in [0.4, 0.5) is 5.69 Å². The van der Waals surface area contributed by atoms with Gasteiger partial charge in [0.2, 0.25) is 5.91 Å². The zero-order valence-electron chi connectivity index (χ0n) is 18.2. The number of aromatic nitrogens is 3. The summed E-state index contributed by atoms with van der Waals surface area (Å²) in [6, 6.07) is 30.3. The Labute approximate surface area is 194 Å². The molecule has 34 heavy (non-hydrogen) atoms. The normalized spacial score (nSPS) is 11.3. The molecule has 1 amide bonds. The van der Waals surface area contributed by atoms with Crippen LogP contribution in [0.25, 0.3) is 44.2 Å². The first-order valence-corrected chi connectivity index (χ1v) is 11.0. The van der Waals surface area contributed by atoms with Gasteiger partial charge in [-0.05, 0) is 60.7 Å². The number of anilines is 1. The third kappa shape index (κ3) is 3.42. The third-order valence-electron chi connectivity index (χ3n) is 6.01. The summed E-state index contributed by atoms with van der Waals surface area (Å²) in [4.78, 5) is 33.8. The lowest BCUT2D eigenvalue weighted by Crippen LogP contribution is -2.21. The fourth-order valence-electron chi connectivity index (χ4n) is 4.39. The molecule has 6 nitrogen and oxygen atoms in total. The van der Waals surface area contributed by atoms with Crippen molar-refractivity contribution in [2.24, 2.45) is 0 Å². The van der Waals surface area contributed by atoms with Gasteiger partial charge in [-0.15, -0.1) is 0 Å². The van der Waals surface area contributed by atoms with Crippen LogP contribution in [0, 0.1) is 0 Å². The molecule has 6 heteroatoms. The van der Waals surface area contributed by atoms with Gasteiger partial charge in [0.05, 0.1) is 22.1 Å². The Balaban J connectivity index is 1.28. The van der Waals surface area contributed by atoms with E-state index in [1.165, 1.54) is 0 Å². The average Bonchev–Trinajstić information content (AvgIpc) is 3.31. The lowest BCUT2D eigenvalue weighted by atomic mass is 10.1. The Morgan fingerprint density at radius 3 is 2.09 bits per heavy atom. The number of fused-ring (bicyclic) bond motifs is 3. The van der Waals surface area contributed by atoms with Gasteiger partial charge >= 0.3 is 0 Å². The summed E-state index contributed by atoms with van der Waals surface area (Å²) < 4.78 is 1.89. The minimum atomic E-state index is -0.171. The van der Waals surface area contributed by atoms with Gasteiger partial charge in [-0.1, -0.05) is 36.4 Å². The highest BCUT2D eigenvalue weighted by Gasteiger charge is 2.13. The number of carbonyl (C=O) groups is 1.